The van der Waals surface area contributed by atoms with Gasteiger partial charge in [-0.3, -0.25) is 4.79 Å². The Morgan fingerprint density at radius 2 is 2.11 bits per heavy atom. The third-order valence-electron chi connectivity index (χ3n) is 5.90. The molecule has 1 saturated heterocycles. The van der Waals surface area contributed by atoms with Crippen LogP contribution < -0.4 is 24.4 Å². The van der Waals surface area contributed by atoms with Crippen LogP contribution in [0.2, 0.25) is 0 Å². The molecule has 2 N–H and O–H groups in total. The number of carbonyl (C=O) groups is 1. The molecule has 0 radical (unpaired) electrons. The second kappa shape index (κ2) is 9.99. The first-order valence-electron chi connectivity index (χ1n) is 11.3. The van der Waals surface area contributed by atoms with Gasteiger partial charge in [0, 0.05) is 31.6 Å². The highest BCUT2D eigenvalue weighted by Crippen LogP contribution is 2.35. The maximum absolute atomic E-state index is 12.6. The second-order valence-electron chi connectivity index (χ2n) is 8.25. The number of oxazole rings is 1. The number of piperidine rings is 1. The summed E-state index contributed by atoms with van der Waals surface area (Å²) in [6.07, 6.45) is 1.81. The minimum atomic E-state index is -0.864. The Labute approximate surface area is 200 Å². The van der Waals surface area contributed by atoms with Gasteiger partial charge < -0.3 is 38.4 Å². The van der Waals surface area contributed by atoms with E-state index in [0.717, 1.165) is 0 Å². The van der Waals surface area contributed by atoms with Crippen LogP contribution in [0.15, 0.2) is 45.4 Å². The van der Waals surface area contributed by atoms with Gasteiger partial charge in [0.2, 0.25) is 24.3 Å². The summed E-state index contributed by atoms with van der Waals surface area (Å²) in [4.78, 5) is 18.7. The highest BCUT2D eigenvalue weighted by molar-refractivity contribution is 5.79. The number of fused-ring (bicyclic) bond motifs is 1. The lowest BCUT2D eigenvalue weighted by atomic mass is 9.96. The fourth-order valence-corrected chi connectivity index (χ4v) is 4.03. The van der Waals surface area contributed by atoms with Gasteiger partial charge in [-0.25, -0.2) is 0 Å². The van der Waals surface area contributed by atoms with E-state index in [1.165, 1.54) is 6.26 Å². The average Bonchev–Trinajstić information content (AvgIpc) is 3.66. The fourth-order valence-electron chi connectivity index (χ4n) is 4.03. The number of amides is 1. The monoisotopic (exact) mass is 480 g/mol. The molecule has 2 aliphatic rings. The van der Waals surface area contributed by atoms with E-state index in [0.29, 0.717) is 54.8 Å². The molecule has 0 bridgehead atoms. The number of ether oxygens (including phenoxy) is 3. The normalized spacial score (nSPS) is 16.1. The van der Waals surface area contributed by atoms with Gasteiger partial charge in [0.05, 0.1) is 6.26 Å². The van der Waals surface area contributed by atoms with Gasteiger partial charge in [0.1, 0.15) is 24.5 Å². The standard InChI is InChI=1S/C24H24N4O7/c25-11-18-24(35-23(27-18)20-2-1-9-31-20)28-7-5-15(6-8-28)22(30)26-12-16(29)13-32-17-3-4-19-21(10-17)34-14-33-19/h1-4,9-10,15-16,29H,5-8,12-14H2,(H,26,30). The van der Waals surface area contributed by atoms with Crippen molar-refractivity contribution >= 4 is 11.8 Å². The number of anilines is 1. The van der Waals surface area contributed by atoms with Crippen molar-refractivity contribution in [3.63, 3.8) is 0 Å². The molecule has 0 saturated carbocycles. The van der Waals surface area contributed by atoms with Gasteiger partial charge >= 0.3 is 0 Å². The largest absolute Gasteiger partial charge is 0.491 e. The minimum absolute atomic E-state index is 0.0266. The molecule has 1 amide bonds. The Bertz CT molecular complexity index is 1210. The van der Waals surface area contributed by atoms with Crippen molar-refractivity contribution in [3.05, 3.63) is 42.3 Å². The van der Waals surface area contributed by atoms with Crippen molar-refractivity contribution in [2.24, 2.45) is 5.92 Å². The number of aliphatic hydroxyl groups excluding tert-OH is 1. The van der Waals surface area contributed by atoms with Crippen molar-refractivity contribution in [1.82, 2.24) is 10.3 Å². The van der Waals surface area contributed by atoms with Crippen molar-refractivity contribution < 1.29 is 32.9 Å². The maximum Gasteiger partial charge on any atom is 0.266 e. The zero-order chi connectivity index (χ0) is 24.2. The van der Waals surface area contributed by atoms with Crippen molar-refractivity contribution in [2.75, 3.05) is 37.9 Å². The number of hydrogen-bond acceptors (Lipinski definition) is 10. The molecule has 1 atom stereocenters. The summed E-state index contributed by atoms with van der Waals surface area (Å²) in [5.41, 5.74) is 0.185. The van der Waals surface area contributed by atoms with Crippen LogP contribution in [-0.4, -0.2) is 55.1 Å². The summed E-state index contributed by atoms with van der Waals surface area (Å²) in [5.74, 6) is 2.55. The molecular formula is C24H24N4O7. The van der Waals surface area contributed by atoms with E-state index in [-0.39, 0.29) is 43.4 Å². The summed E-state index contributed by atoms with van der Waals surface area (Å²) in [6.45, 7) is 1.36. The topological polar surface area (TPSA) is 143 Å². The van der Waals surface area contributed by atoms with Crippen LogP contribution in [0, 0.1) is 17.2 Å². The number of furan rings is 1. The van der Waals surface area contributed by atoms with Gasteiger partial charge in [0.25, 0.3) is 5.89 Å². The molecule has 2 aromatic heterocycles. The Morgan fingerprint density at radius 3 is 2.89 bits per heavy atom. The van der Waals surface area contributed by atoms with E-state index >= 15 is 0 Å². The third kappa shape index (κ3) is 5.02. The van der Waals surface area contributed by atoms with Crippen molar-refractivity contribution in [2.45, 2.75) is 18.9 Å². The fraction of sp³-hybridized carbons (Fsp3) is 0.375. The number of nitrogens with zero attached hydrogens (tertiary/aromatic N) is 3. The van der Waals surface area contributed by atoms with Crippen LogP contribution in [0.5, 0.6) is 17.2 Å². The average molecular weight is 480 g/mol. The predicted octanol–water partition coefficient (Wildman–Crippen LogP) is 2.31. The van der Waals surface area contributed by atoms with E-state index in [2.05, 4.69) is 16.4 Å². The zero-order valence-electron chi connectivity index (χ0n) is 18.8. The molecule has 11 heteroatoms. The Morgan fingerprint density at radius 1 is 1.29 bits per heavy atom. The molecule has 0 aliphatic carbocycles. The summed E-state index contributed by atoms with van der Waals surface area (Å²) < 4.78 is 27.2. The van der Waals surface area contributed by atoms with Gasteiger partial charge in [-0.1, -0.05) is 0 Å². The second-order valence-corrected chi connectivity index (χ2v) is 8.25. The smallest absolute Gasteiger partial charge is 0.266 e. The van der Waals surface area contributed by atoms with E-state index in [9.17, 15) is 15.2 Å². The minimum Gasteiger partial charge on any atom is -0.491 e. The van der Waals surface area contributed by atoms with Crippen molar-refractivity contribution in [1.29, 1.82) is 5.26 Å². The molecule has 11 nitrogen and oxygen atoms in total. The molecule has 1 fully saturated rings. The molecule has 5 rings (SSSR count). The number of hydrogen-bond donors (Lipinski definition) is 2. The predicted molar refractivity (Wildman–Crippen MR) is 121 cm³/mol. The molecule has 0 spiro atoms. The molecule has 1 aromatic carbocycles. The van der Waals surface area contributed by atoms with E-state index in [4.69, 9.17) is 23.0 Å². The highest BCUT2D eigenvalue weighted by atomic mass is 16.7. The van der Waals surface area contributed by atoms with Crippen molar-refractivity contribution in [3.8, 4) is 35.0 Å². The molecule has 1 unspecified atom stereocenters. The van der Waals surface area contributed by atoms with Crippen LogP contribution in [0.1, 0.15) is 18.5 Å². The third-order valence-corrected chi connectivity index (χ3v) is 5.90. The first kappa shape index (κ1) is 22.6. The number of rotatable bonds is 8. The highest BCUT2D eigenvalue weighted by Gasteiger charge is 2.29. The lowest BCUT2D eigenvalue weighted by Gasteiger charge is -2.31. The van der Waals surface area contributed by atoms with Gasteiger partial charge in [-0.05, 0) is 37.1 Å². The van der Waals surface area contributed by atoms with Crippen LogP contribution in [0.25, 0.3) is 11.7 Å². The number of nitrogens with one attached hydrogen (secondary N) is 1. The Kier molecular flexibility index (Phi) is 6.45. The summed E-state index contributed by atoms with van der Waals surface area (Å²) in [6, 6.07) is 10.7. The summed E-state index contributed by atoms with van der Waals surface area (Å²) >= 11 is 0. The van der Waals surface area contributed by atoms with E-state index in [1.807, 2.05) is 4.90 Å². The van der Waals surface area contributed by atoms with Crippen LogP contribution >= 0.6 is 0 Å². The Hall–Kier alpha value is -4.17. The molecular weight excluding hydrogens is 456 g/mol. The van der Waals surface area contributed by atoms with Crippen LogP contribution in [-0.2, 0) is 4.79 Å². The number of carbonyl (C=O) groups excluding carboxylic acids is 1. The summed E-state index contributed by atoms with van der Waals surface area (Å²) in [5, 5.41) is 22.5. The molecule has 3 aromatic rings. The van der Waals surface area contributed by atoms with Gasteiger partial charge in [0.15, 0.2) is 17.3 Å². The lowest BCUT2D eigenvalue weighted by Crippen LogP contribution is -2.43. The van der Waals surface area contributed by atoms with Gasteiger partial charge in [-0.15, -0.1) is 0 Å². The zero-order valence-corrected chi connectivity index (χ0v) is 18.8. The van der Waals surface area contributed by atoms with Crippen LogP contribution in [0.3, 0.4) is 0 Å². The number of aromatic nitrogens is 1. The first-order chi connectivity index (χ1) is 17.1. The van der Waals surface area contributed by atoms with Crippen LogP contribution in [0.4, 0.5) is 5.88 Å². The quantitative estimate of drug-likeness (QED) is 0.493. The Balaban J connectivity index is 1.07. The number of aliphatic hydroxyl groups is 1. The van der Waals surface area contributed by atoms with E-state index < -0.39 is 6.10 Å². The lowest BCUT2D eigenvalue weighted by molar-refractivity contribution is -0.126. The summed E-state index contributed by atoms with van der Waals surface area (Å²) in [7, 11) is 0. The molecule has 35 heavy (non-hydrogen) atoms. The number of benzene rings is 1. The maximum atomic E-state index is 12.6. The number of nitriles is 1. The molecule has 4 heterocycles. The molecule has 2 aliphatic heterocycles. The van der Waals surface area contributed by atoms with Gasteiger partial charge in [-0.2, -0.15) is 10.2 Å². The van der Waals surface area contributed by atoms with E-state index in [1.54, 1.807) is 30.3 Å². The molecule has 182 valence electrons. The first-order valence-corrected chi connectivity index (χ1v) is 11.3. The SMILES string of the molecule is N#Cc1nc(-c2ccco2)oc1N1CCC(C(=O)NCC(O)COc2ccc3c(c2)OCO3)CC1.